The molecule has 0 atom stereocenters. The van der Waals surface area contributed by atoms with E-state index >= 15 is 0 Å². The normalized spacial score (nSPS) is 14.5. The predicted molar refractivity (Wildman–Crippen MR) is 219 cm³/mol. The van der Waals surface area contributed by atoms with Crippen LogP contribution in [0, 0.1) is 0 Å². The maximum atomic E-state index is 2.58. The first kappa shape index (κ1) is 27.7. The van der Waals surface area contributed by atoms with E-state index in [4.69, 9.17) is 0 Å². The zero-order valence-corrected chi connectivity index (χ0v) is 29.5. The summed E-state index contributed by atoms with van der Waals surface area (Å²) in [5.74, 6) is 0. The molecular formula is C48H36B2. The lowest BCUT2D eigenvalue weighted by Gasteiger charge is -2.32. The molecule has 2 heteroatoms. The van der Waals surface area contributed by atoms with Crippen molar-refractivity contribution in [2.45, 2.75) is 52.4 Å². The number of hydrogen-bond acceptors (Lipinski definition) is 0. The molecule has 0 saturated carbocycles. The fraction of sp³-hybridized carbons (Fsp3) is 0.167. The molecule has 0 N–H and O–H groups in total. The molecule has 0 amide bonds. The van der Waals surface area contributed by atoms with E-state index in [2.05, 4.69) is 151 Å². The quantitative estimate of drug-likeness (QED) is 0.117. The van der Waals surface area contributed by atoms with Crippen LogP contribution in [-0.4, -0.2) is 13.4 Å². The molecule has 0 spiro atoms. The van der Waals surface area contributed by atoms with Crippen molar-refractivity contribution in [1.82, 2.24) is 0 Å². The number of benzene rings is 8. The first-order chi connectivity index (χ1) is 24.1. The highest BCUT2D eigenvalue weighted by Crippen LogP contribution is 2.47. The van der Waals surface area contributed by atoms with Gasteiger partial charge in [0.15, 0.2) is 0 Å². The van der Waals surface area contributed by atoms with Crippen LogP contribution >= 0.6 is 0 Å². The summed E-state index contributed by atoms with van der Waals surface area (Å²) in [5.41, 5.74) is 23.1. The third-order valence-corrected chi connectivity index (χ3v) is 12.9. The zero-order chi connectivity index (χ0) is 33.6. The third-order valence-electron chi connectivity index (χ3n) is 12.9. The Bertz CT molecular complexity index is 2690. The lowest BCUT2D eigenvalue weighted by Crippen LogP contribution is -2.53. The molecule has 4 heterocycles. The van der Waals surface area contributed by atoms with Crippen LogP contribution in [0.15, 0.2) is 109 Å². The van der Waals surface area contributed by atoms with Crippen molar-refractivity contribution in [3.05, 3.63) is 120 Å². The van der Waals surface area contributed by atoms with Crippen molar-refractivity contribution in [3.63, 3.8) is 0 Å². The van der Waals surface area contributed by atoms with E-state index in [1.54, 1.807) is 0 Å². The Hall–Kier alpha value is -5.07. The first-order valence-electron chi connectivity index (χ1n) is 18.4. The minimum atomic E-state index is 0.0547. The van der Waals surface area contributed by atoms with Crippen LogP contribution in [0.5, 0.6) is 0 Å². The fourth-order valence-electron chi connectivity index (χ4n) is 10.6. The van der Waals surface area contributed by atoms with Crippen LogP contribution in [0.3, 0.4) is 0 Å². The second kappa shape index (κ2) is 8.62. The lowest BCUT2D eigenvalue weighted by molar-refractivity contribution is 0.590. The highest BCUT2D eigenvalue weighted by Gasteiger charge is 2.44. The summed E-state index contributed by atoms with van der Waals surface area (Å²) in [4.78, 5) is 0. The van der Waals surface area contributed by atoms with Gasteiger partial charge in [-0.15, -0.1) is 0 Å². The summed E-state index contributed by atoms with van der Waals surface area (Å²) in [7, 11) is 0. The van der Waals surface area contributed by atoms with Crippen molar-refractivity contribution in [2.24, 2.45) is 0 Å². The minimum absolute atomic E-state index is 0.0547. The van der Waals surface area contributed by atoms with Crippen molar-refractivity contribution >= 4 is 78.5 Å². The second-order valence-corrected chi connectivity index (χ2v) is 17.6. The molecule has 0 fully saturated rings. The van der Waals surface area contributed by atoms with E-state index in [0.717, 1.165) is 0 Å². The van der Waals surface area contributed by atoms with Gasteiger partial charge in [-0.2, -0.15) is 0 Å². The monoisotopic (exact) mass is 634 g/mol. The largest absolute Gasteiger partial charge is 0.244 e. The first-order valence-corrected chi connectivity index (χ1v) is 18.4. The standard InChI is InChI=1S/C48H36B2/c1-47(2,3)27-21-33-29-11-7-9-13-37(29)49-39-19-26-16-18-32-36-24-28(48(4,5)6)22-34-30-12-8-10-14-38(30)50(46(34)36)40-20-25-15-17-31(35(23-27)45(33)49)43(39)41(25)42(26)44(32)40/h7-24H,1-6H3. The molecule has 0 bridgehead atoms. The number of hydrogen-bond donors (Lipinski definition) is 0. The van der Waals surface area contributed by atoms with Crippen molar-refractivity contribution in [1.29, 1.82) is 0 Å². The molecule has 234 valence electrons. The molecule has 8 aromatic rings. The van der Waals surface area contributed by atoms with Crippen LogP contribution in [0.1, 0.15) is 52.7 Å². The van der Waals surface area contributed by atoms with E-state index in [1.807, 2.05) is 0 Å². The van der Waals surface area contributed by atoms with Crippen molar-refractivity contribution < 1.29 is 0 Å². The van der Waals surface area contributed by atoms with Gasteiger partial charge in [0.2, 0.25) is 13.4 Å². The average molecular weight is 634 g/mol. The molecule has 4 aliphatic rings. The molecule has 12 rings (SSSR count). The second-order valence-electron chi connectivity index (χ2n) is 17.6. The van der Waals surface area contributed by atoms with Gasteiger partial charge < -0.3 is 0 Å². The SMILES string of the molecule is CC(C)(C)c1cc2c3c(c1)-c1ccc4cc5c6c(ccc7cc(c1c4c76)B3c1ccccc1-2)-c1cc(C(C)(C)C)cc2c1B5c1ccccc1-2. The van der Waals surface area contributed by atoms with Crippen LogP contribution in [-0.2, 0) is 10.8 Å². The van der Waals surface area contributed by atoms with Gasteiger partial charge in [0, 0.05) is 0 Å². The van der Waals surface area contributed by atoms with E-state index < -0.39 is 0 Å². The van der Waals surface area contributed by atoms with E-state index in [-0.39, 0.29) is 24.3 Å². The minimum Gasteiger partial charge on any atom is -0.0664 e. The molecule has 8 aromatic carbocycles. The number of fused-ring (bicyclic) bond motifs is 10. The van der Waals surface area contributed by atoms with Gasteiger partial charge in [-0.05, 0) is 98.8 Å². The Labute approximate surface area is 294 Å². The van der Waals surface area contributed by atoms with Gasteiger partial charge in [0.05, 0.1) is 0 Å². The molecule has 0 nitrogen and oxygen atoms in total. The van der Waals surface area contributed by atoms with Crippen LogP contribution < -0.4 is 32.8 Å². The van der Waals surface area contributed by atoms with Gasteiger partial charge in [0.25, 0.3) is 0 Å². The van der Waals surface area contributed by atoms with Gasteiger partial charge >= 0.3 is 0 Å². The molecular weight excluding hydrogens is 598 g/mol. The summed E-state index contributed by atoms with van der Waals surface area (Å²) in [6.07, 6.45) is 0. The van der Waals surface area contributed by atoms with Crippen LogP contribution in [0.4, 0.5) is 0 Å². The van der Waals surface area contributed by atoms with Gasteiger partial charge in [-0.25, -0.2) is 0 Å². The Morgan fingerprint density at radius 3 is 1.12 bits per heavy atom. The molecule has 0 unspecified atom stereocenters. The molecule has 0 aromatic heterocycles. The molecule has 0 aliphatic carbocycles. The number of rotatable bonds is 0. The van der Waals surface area contributed by atoms with Crippen molar-refractivity contribution in [3.8, 4) is 44.5 Å². The molecule has 0 radical (unpaired) electrons. The Morgan fingerprint density at radius 1 is 0.340 bits per heavy atom. The highest BCUT2D eigenvalue weighted by molar-refractivity contribution is 7.03. The van der Waals surface area contributed by atoms with Crippen LogP contribution in [0.25, 0.3) is 76.8 Å². The van der Waals surface area contributed by atoms with Gasteiger partial charge in [0.1, 0.15) is 0 Å². The van der Waals surface area contributed by atoms with Gasteiger partial charge in [-0.3, -0.25) is 0 Å². The van der Waals surface area contributed by atoms with E-state index in [1.165, 1.54) is 121 Å². The third kappa shape index (κ3) is 3.14. The smallest absolute Gasteiger partial charge is 0.0664 e. The summed E-state index contributed by atoms with van der Waals surface area (Å²) in [6, 6.07) is 43.5. The summed E-state index contributed by atoms with van der Waals surface area (Å²) in [6.45, 7) is 14.6. The molecule has 0 saturated heterocycles. The molecule has 4 aliphatic heterocycles. The Morgan fingerprint density at radius 2 is 0.720 bits per heavy atom. The summed E-state index contributed by atoms with van der Waals surface area (Å²) < 4.78 is 0. The lowest BCUT2D eigenvalue weighted by atomic mass is 9.34. The molecule has 50 heavy (non-hydrogen) atoms. The maximum absolute atomic E-state index is 2.58. The zero-order valence-electron chi connectivity index (χ0n) is 29.5. The van der Waals surface area contributed by atoms with Gasteiger partial charge in [-0.1, -0.05) is 184 Å². The van der Waals surface area contributed by atoms with Crippen molar-refractivity contribution in [2.75, 3.05) is 0 Å². The fourth-order valence-corrected chi connectivity index (χ4v) is 10.6. The average Bonchev–Trinajstić information content (AvgIpc) is 3.62. The summed E-state index contributed by atoms with van der Waals surface area (Å²) in [5, 5.41) is 8.58. The summed E-state index contributed by atoms with van der Waals surface area (Å²) >= 11 is 0. The van der Waals surface area contributed by atoms with E-state index in [0.29, 0.717) is 0 Å². The Balaban J connectivity index is 1.25. The van der Waals surface area contributed by atoms with Crippen LogP contribution in [0.2, 0.25) is 0 Å². The predicted octanol–water partition coefficient (Wildman–Crippen LogP) is 8.13. The highest BCUT2D eigenvalue weighted by atomic mass is 14.3. The van der Waals surface area contributed by atoms with E-state index in [9.17, 15) is 0 Å². The topological polar surface area (TPSA) is 0 Å². The Kier molecular flexibility index (Phi) is 4.78. The maximum Gasteiger partial charge on any atom is 0.244 e.